The van der Waals surface area contributed by atoms with Gasteiger partial charge in [0.15, 0.2) is 11.3 Å². The molecule has 2 atom stereocenters. The average molecular weight is 367 g/mol. The zero-order valence-corrected chi connectivity index (χ0v) is 14.6. The fraction of sp³-hybridized carbons (Fsp3) is 0.188. The molecule has 1 N–H and O–H groups in total. The van der Waals surface area contributed by atoms with Crippen LogP contribution in [0.3, 0.4) is 0 Å². The van der Waals surface area contributed by atoms with Crippen LogP contribution in [0, 0.1) is 0 Å². The van der Waals surface area contributed by atoms with Crippen molar-refractivity contribution in [2.24, 2.45) is 0 Å². The number of aromatic nitrogens is 1. The summed E-state index contributed by atoms with van der Waals surface area (Å²) in [5, 5.41) is 2.67. The summed E-state index contributed by atoms with van der Waals surface area (Å²) in [6, 6.07) is 9.58. The summed E-state index contributed by atoms with van der Waals surface area (Å²) in [6.45, 7) is 1.43. The lowest BCUT2D eigenvalue weighted by atomic mass is 10.2. The van der Waals surface area contributed by atoms with Gasteiger partial charge >= 0.3 is 5.97 Å². The van der Waals surface area contributed by atoms with Gasteiger partial charge in [-0.05, 0) is 31.2 Å². The second-order valence-corrected chi connectivity index (χ2v) is 6.53. The Balaban J connectivity index is 2.08. The molecule has 0 saturated heterocycles. The molecule has 2 aromatic rings. The number of amides is 1. The fourth-order valence-corrected chi connectivity index (χ4v) is 2.77. The van der Waals surface area contributed by atoms with Gasteiger partial charge < -0.3 is 10.1 Å². The number of esters is 1. The molecule has 0 saturated carbocycles. The summed E-state index contributed by atoms with van der Waals surface area (Å²) in [5.41, 5.74) is 0.486. The van der Waals surface area contributed by atoms with Crippen molar-refractivity contribution in [2.75, 3.05) is 11.6 Å². The Morgan fingerprint density at radius 2 is 1.96 bits per heavy atom. The van der Waals surface area contributed by atoms with E-state index in [0.29, 0.717) is 10.6 Å². The van der Waals surface area contributed by atoms with Gasteiger partial charge in [-0.1, -0.05) is 23.7 Å². The van der Waals surface area contributed by atoms with Crippen LogP contribution in [0.15, 0.2) is 47.5 Å². The van der Waals surface area contributed by atoms with E-state index in [1.54, 1.807) is 30.3 Å². The van der Waals surface area contributed by atoms with Gasteiger partial charge in [0, 0.05) is 12.5 Å². The van der Waals surface area contributed by atoms with E-state index in [9.17, 15) is 13.8 Å². The number of nitrogens with one attached hydrogen (secondary N) is 1. The average Bonchev–Trinajstić information content (AvgIpc) is 2.56. The molecule has 0 unspecified atom stereocenters. The van der Waals surface area contributed by atoms with E-state index in [1.807, 2.05) is 0 Å². The highest BCUT2D eigenvalue weighted by atomic mass is 35.5. The number of nitrogens with zero attached hydrogens (tertiary/aromatic N) is 1. The van der Waals surface area contributed by atoms with Crippen molar-refractivity contribution in [1.82, 2.24) is 4.98 Å². The SMILES string of the molecule is C[C@H](OC(=O)c1ccccc1[S@@](C)=O)C(=O)Nc1cccnc1Cl. The second-order valence-electron chi connectivity index (χ2n) is 4.83. The Kier molecular flexibility index (Phi) is 6.05. The van der Waals surface area contributed by atoms with Crippen LogP contribution in [0.4, 0.5) is 5.69 Å². The molecule has 24 heavy (non-hydrogen) atoms. The number of hydrogen-bond donors (Lipinski definition) is 1. The maximum absolute atomic E-state index is 12.2. The molecular weight excluding hydrogens is 352 g/mol. The molecule has 2 rings (SSSR count). The van der Waals surface area contributed by atoms with Crippen LogP contribution >= 0.6 is 11.6 Å². The smallest absolute Gasteiger partial charge is 0.340 e. The Bertz CT molecular complexity index is 797. The largest absolute Gasteiger partial charge is 0.449 e. The van der Waals surface area contributed by atoms with Crippen LogP contribution in [0.1, 0.15) is 17.3 Å². The third kappa shape index (κ3) is 4.39. The zero-order valence-electron chi connectivity index (χ0n) is 13.0. The normalized spacial score (nSPS) is 13.0. The van der Waals surface area contributed by atoms with Crippen LogP contribution in [0.25, 0.3) is 0 Å². The predicted molar refractivity (Wildman–Crippen MR) is 91.5 cm³/mol. The number of halogens is 1. The molecule has 8 heteroatoms. The number of hydrogen-bond acceptors (Lipinski definition) is 5. The molecule has 0 aliphatic carbocycles. The number of carbonyl (C=O) groups is 2. The summed E-state index contributed by atoms with van der Waals surface area (Å²) < 4.78 is 16.8. The number of rotatable bonds is 5. The fourth-order valence-electron chi connectivity index (χ4n) is 1.88. The first-order valence-corrected chi connectivity index (χ1v) is 8.88. The molecule has 6 nitrogen and oxygen atoms in total. The number of pyridine rings is 1. The van der Waals surface area contributed by atoms with E-state index in [4.69, 9.17) is 16.3 Å². The third-order valence-corrected chi connectivity index (χ3v) is 4.36. The standard InChI is InChI=1S/C16H15ClN2O4S/c1-10(15(20)19-12-7-5-9-18-14(12)17)23-16(21)11-6-3-4-8-13(11)24(2)22/h3-10H,1-2H3,(H,19,20)/t10-,24+/m0/s1. The van der Waals surface area contributed by atoms with Gasteiger partial charge in [0.05, 0.1) is 26.9 Å². The van der Waals surface area contributed by atoms with Crippen LogP contribution in [-0.2, 0) is 20.3 Å². The number of carbonyl (C=O) groups excluding carboxylic acids is 2. The highest BCUT2D eigenvalue weighted by Gasteiger charge is 2.22. The molecule has 0 radical (unpaired) electrons. The Labute approximate surface area is 146 Å². The lowest BCUT2D eigenvalue weighted by Gasteiger charge is -2.15. The van der Waals surface area contributed by atoms with E-state index < -0.39 is 28.8 Å². The second kappa shape index (κ2) is 8.03. The van der Waals surface area contributed by atoms with Gasteiger partial charge in [-0.3, -0.25) is 9.00 Å². The molecule has 0 aliphatic rings. The summed E-state index contributed by atoms with van der Waals surface area (Å²) in [6.07, 6.45) is 1.89. The lowest BCUT2D eigenvalue weighted by molar-refractivity contribution is -0.123. The summed E-state index contributed by atoms with van der Waals surface area (Å²) in [4.78, 5) is 28.5. The molecule has 126 valence electrons. The first kappa shape index (κ1) is 18.1. The Morgan fingerprint density at radius 3 is 2.62 bits per heavy atom. The topological polar surface area (TPSA) is 85.4 Å². The van der Waals surface area contributed by atoms with E-state index >= 15 is 0 Å². The van der Waals surface area contributed by atoms with Crippen LogP contribution in [-0.4, -0.2) is 33.4 Å². The summed E-state index contributed by atoms with van der Waals surface area (Å²) >= 11 is 5.86. The number of ether oxygens (including phenoxy) is 1. The van der Waals surface area contributed by atoms with Crippen molar-refractivity contribution < 1.29 is 18.5 Å². The van der Waals surface area contributed by atoms with Gasteiger partial charge in [-0.2, -0.15) is 0 Å². The van der Waals surface area contributed by atoms with E-state index in [2.05, 4.69) is 10.3 Å². The minimum Gasteiger partial charge on any atom is -0.449 e. The first-order valence-electron chi connectivity index (χ1n) is 6.95. The van der Waals surface area contributed by atoms with Crippen LogP contribution < -0.4 is 5.32 Å². The first-order chi connectivity index (χ1) is 11.4. The molecule has 0 bridgehead atoms. The van der Waals surface area contributed by atoms with E-state index in [-0.39, 0.29) is 10.7 Å². The molecule has 0 fully saturated rings. The molecule has 1 aromatic carbocycles. The van der Waals surface area contributed by atoms with Crippen molar-refractivity contribution in [3.8, 4) is 0 Å². The lowest BCUT2D eigenvalue weighted by Crippen LogP contribution is -2.30. The summed E-state index contributed by atoms with van der Waals surface area (Å²) in [7, 11) is -1.35. The van der Waals surface area contributed by atoms with Gasteiger partial charge in [0.25, 0.3) is 5.91 Å². The predicted octanol–water partition coefficient (Wildman–Crippen LogP) is 2.66. The van der Waals surface area contributed by atoms with Gasteiger partial charge in [-0.15, -0.1) is 0 Å². The molecule has 0 spiro atoms. The highest BCUT2D eigenvalue weighted by molar-refractivity contribution is 7.84. The molecule has 1 heterocycles. The highest BCUT2D eigenvalue weighted by Crippen LogP contribution is 2.19. The van der Waals surface area contributed by atoms with Crippen molar-refractivity contribution >= 4 is 40.0 Å². The minimum absolute atomic E-state index is 0.135. The van der Waals surface area contributed by atoms with Crippen molar-refractivity contribution in [3.05, 3.63) is 53.3 Å². The summed E-state index contributed by atoms with van der Waals surface area (Å²) in [5.74, 6) is -1.27. The Morgan fingerprint density at radius 1 is 1.25 bits per heavy atom. The number of benzene rings is 1. The Hall–Kier alpha value is -2.25. The monoisotopic (exact) mass is 366 g/mol. The van der Waals surface area contributed by atoms with Gasteiger partial charge in [0.1, 0.15) is 0 Å². The quantitative estimate of drug-likeness (QED) is 0.649. The minimum atomic E-state index is -1.35. The third-order valence-electron chi connectivity index (χ3n) is 3.09. The zero-order chi connectivity index (χ0) is 17.7. The molecular formula is C16H15ClN2O4S. The van der Waals surface area contributed by atoms with Crippen molar-refractivity contribution in [2.45, 2.75) is 17.9 Å². The van der Waals surface area contributed by atoms with Crippen molar-refractivity contribution in [1.29, 1.82) is 0 Å². The maximum Gasteiger partial charge on any atom is 0.340 e. The molecule has 1 amide bonds. The number of anilines is 1. The molecule has 0 aliphatic heterocycles. The van der Waals surface area contributed by atoms with E-state index in [0.717, 1.165) is 0 Å². The van der Waals surface area contributed by atoms with Gasteiger partial charge in [-0.25, -0.2) is 9.78 Å². The van der Waals surface area contributed by atoms with Crippen molar-refractivity contribution in [3.63, 3.8) is 0 Å². The van der Waals surface area contributed by atoms with E-state index in [1.165, 1.54) is 25.4 Å². The maximum atomic E-state index is 12.2. The van der Waals surface area contributed by atoms with Crippen LogP contribution in [0.2, 0.25) is 5.15 Å². The molecule has 1 aromatic heterocycles. The van der Waals surface area contributed by atoms with Gasteiger partial charge in [0.2, 0.25) is 0 Å². The van der Waals surface area contributed by atoms with Crippen LogP contribution in [0.5, 0.6) is 0 Å².